The molecule has 0 aromatic heterocycles. The van der Waals surface area contributed by atoms with Gasteiger partial charge in [0.2, 0.25) is 0 Å². The smallest absolute Gasteiger partial charge is 0.315 e. The summed E-state index contributed by atoms with van der Waals surface area (Å²) in [6.45, 7) is 0.951. The van der Waals surface area contributed by atoms with Gasteiger partial charge in [-0.3, -0.25) is 0 Å². The summed E-state index contributed by atoms with van der Waals surface area (Å²) < 4.78 is 4.88. The summed E-state index contributed by atoms with van der Waals surface area (Å²) in [4.78, 5) is 11.6. The predicted octanol–water partition coefficient (Wildman–Crippen LogP) is 1.71. The lowest BCUT2D eigenvalue weighted by molar-refractivity contribution is 0.192. The quantitative estimate of drug-likeness (QED) is 0.668. The van der Waals surface area contributed by atoms with Crippen LogP contribution in [0.2, 0.25) is 5.02 Å². The van der Waals surface area contributed by atoms with Gasteiger partial charge in [0.05, 0.1) is 12.6 Å². The van der Waals surface area contributed by atoms with Crippen molar-refractivity contribution in [2.45, 2.75) is 12.5 Å². The zero-order chi connectivity index (χ0) is 14.1. The Bertz CT molecular complexity index is 384. The van der Waals surface area contributed by atoms with Crippen LogP contribution in [0, 0.1) is 0 Å². The summed E-state index contributed by atoms with van der Waals surface area (Å²) in [5.41, 5.74) is 0.805. The Labute approximate surface area is 117 Å². The van der Waals surface area contributed by atoms with Crippen LogP contribution in [0.25, 0.3) is 0 Å². The molecule has 1 rings (SSSR count). The van der Waals surface area contributed by atoms with Gasteiger partial charge in [-0.15, -0.1) is 0 Å². The topological polar surface area (TPSA) is 70.6 Å². The summed E-state index contributed by atoms with van der Waals surface area (Å²) in [6, 6.07) is 6.22. The van der Waals surface area contributed by atoms with Crippen molar-refractivity contribution in [1.29, 1.82) is 0 Å². The van der Waals surface area contributed by atoms with Gasteiger partial charge in [0, 0.05) is 25.3 Å². The van der Waals surface area contributed by atoms with Crippen molar-refractivity contribution >= 4 is 17.6 Å². The highest BCUT2D eigenvalue weighted by molar-refractivity contribution is 6.30. The number of aliphatic hydroxyl groups excluding tert-OH is 1. The molecule has 0 spiro atoms. The van der Waals surface area contributed by atoms with Crippen molar-refractivity contribution in [2.75, 3.05) is 26.9 Å². The number of hydrogen-bond acceptors (Lipinski definition) is 3. The molecule has 1 atom stereocenters. The lowest BCUT2D eigenvalue weighted by atomic mass is 10.1. The van der Waals surface area contributed by atoms with Crippen molar-refractivity contribution in [3.8, 4) is 0 Å². The van der Waals surface area contributed by atoms with Gasteiger partial charge >= 0.3 is 6.03 Å². The summed E-state index contributed by atoms with van der Waals surface area (Å²) in [7, 11) is 1.61. The van der Waals surface area contributed by atoms with E-state index < -0.39 is 6.04 Å². The first-order chi connectivity index (χ1) is 9.17. The second-order valence-electron chi connectivity index (χ2n) is 4.03. The van der Waals surface area contributed by atoms with E-state index >= 15 is 0 Å². The normalized spacial score (nSPS) is 11.9. The Morgan fingerprint density at radius 2 is 2.11 bits per heavy atom. The van der Waals surface area contributed by atoms with E-state index in [-0.39, 0.29) is 12.6 Å². The van der Waals surface area contributed by atoms with Crippen LogP contribution in [-0.2, 0) is 4.74 Å². The largest absolute Gasteiger partial charge is 0.394 e. The first-order valence-corrected chi connectivity index (χ1v) is 6.44. The first-order valence-electron chi connectivity index (χ1n) is 6.07. The van der Waals surface area contributed by atoms with Crippen LogP contribution in [0.3, 0.4) is 0 Å². The molecule has 3 N–H and O–H groups in total. The molecule has 19 heavy (non-hydrogen) atoms. The maximum Gasteiger partial charge on any atom is 0.315 e. The van der Waals surface area contributed by atoms with Crippen LogP contribution < -0.4 is 10.6 Å². The van der Waals surface area contributed by atoms with E-state index in [1.54, 1.807) is 31.4 Å². The van der Waals surface area contributed by atoms with Gasteiger partial charge in [-0.05, 0) is 24.1 Å². The lowest BCUT2D eigenvalue weighted by Crippen LogP contribution is -2.39. The van der Waals surface area contributed by atoms with E-state index in [9.17, 15) is 9.90 Å². The molecule has 0 aliphatic rings. The minimum absolute atomic E-state index is 0.173. The van der Waals surface area contributed by atoms with Crippen molar-refractivity contribution < 1.29 is 14.6 Å². The Hall–Kier alpha value is -1.30. The third-order valence-corrected chi connectivity index (χ3v) is 2.82. The highest BCUT2D eigenvalue weighted by atomic mass is 35.5. The van der Waals surface area contributed by atoms with Gasteiger partial charge < -0.3 is 20.5 Å². The van der Waals surface area contributed by atoms with Crippen molar-refractivity contribution in [3.63, 3.8) is 0 Å². The second kappa shape index (κ2) is 8.74. The van der Waals surface area contributed by atoms with Gasteiger partial charge in [-0.25, -0.2) is 4.79 Å². The molecule has 1 unspecified atom stereocenters. The fourth-order valence-electron chi connectivity index (χ4n) is 1.56. The molecule has 5 nitrogen and oxygen atoms in total. The van der Waals surface area contributed by atoms with Gasteiger partial charge in [0.15, 0.2) is 0 Å². The highest BCUT2D eigenvalue weighted by Crippen LogP contribution is 2.15. The molecular weight excluding hydrogens is 268 g/mol. The van der Waals surface area contributed by atoms with Crippen LogP contribution >= 0.6 is 11.6 Å². The van der Waals surface area contributed by atoms with E-state index in [1.807, 2.05) is 0 Å². The van der Waals surface area contributed by atoms with Gasteiger partial charge in [-0.2, -0.15) is 0 Å². The molecular formula is C13H19ClN2O3. The van der Waals surface area contributed by atoms with Gasteiger partial charge in [-0.1, -0.05) is 23.7 Å². The fourth-order valence-corrected chi connectivity index (χ4v) is 1.68. The monoisotopic (exact) mass is 286 g/mol. The summed E-state index contributed by atoms with van der Waals surface area (Å²) in [5.74, 6) is 0. The Morgan fingerprint density at radius 1 is 1.42 bits per heavy atom. The van der Waals surface area contributed by atoms with E-state index in [4.69, 9.17) is 16.3 Å². The summed E-state index contributed by atoms with van der Waals surface area (Å²) in [6.07, 6.45) is 0.745. The third kappa shape index (κ3) is 5.92. The molecule has 0 radical (unpaired) electrons. The molecule has 0 bridgehead atoms. The maximum atomic E-state index is 11.6. The number of rotatable bonds is 7. The van der Waals surface area contributed by atoms with Crippen LogP contribution in [0.1, 0.15) is 18.0 Å². The predicted molar refractivity (Wildman–Crippen MR) is 74.3 cm³/mol. The molecule has 106 valence electrons. The number of halogens is 1. The Balaban J connectivity index is 2.43. The molecule has 6 heteroatoms. The molecule has 0 saturated heterocycles. The summed E-state index contributed by atoms with van der Waals surface area (Å²) in [5, 5.41) is 15.3. The zero-order valence-electron chi connectivity index (χ0n) is 10.9. The van der Waals surface area contributed by atoms with Crippen LogP contribution in [-0.4, -0.2) is 38.0 Å². The molecule has 0 heterocycles. The number of amides is 2. The number of benzene rings is 1. The van der Waals surface area contributed by atoms with Crippen LogP contribution in [0.5, 0.6) is 0 Å². The number of methoxy groups -OCH3 is 1. The number of ether oxygens (including phenoxy) is 1. The van der Waals surface area contributed by atoms with Crippen molar-refractivity contribution in [3.05, 3.63) is 34.9 Å². The molecule has 2 amide bonds. The SMILES string of the molecule is COCCCNC(=O)NC(CO)c1ccc(Cl)cc1. The number of hydrogen-bond donors (Lipinski definition) is 3. The number of urea groups is 1. The minimum Gasteiger partial charge on any atom is -0.394 e. The minimum atomic E-state index is -0.445. The number of aliphatic hydroxyl groups is 1. The maximum absolute atomic E-state index is 11.6. The van der Waals surface area contributed by atoms with E-state index in [1.165, 1.54) is 0 Å². The first kappa shape index (κ1) is 15.8. The number of nitrogens with one attached hydrogen (secondary N) is 2. The van der Waals surface area contributed by atoms with E-state index in [2.05, 4.69) is 10.6 Å². The highest BCUT2D eigenvalue weighted by Gasteiger charge is 2.12. The fraction of sp³-hybridized carbons (Fsp3) is 0.462. The van der Waals surface area contributed by atoms with Crippen LogP contribution in [0.15, 0.2) is 24.3 Å². The Kier molecular flexibility index (Phi) is 7.25. The lowest BCUT2D eigenvalue weighted by Gasteiger charge is -2.17. The Morgan fingerprint density at radius 3 is 2.68 bits per heavy atom. The third-order valence-electron chi connectivity index (χ3n) is 2.57. The molecule has 0 aliphatic heterocycles. The molecule has 0 fully saturated rings. The summed E-state index contributed by atoms with van der Waals surface area (Å²) >= 11 is 5.79. The van der Waals surface area contributed by atoms with E-state index in [0.717, 1.165) is 12.0 Å². The molecule has 1 aromatic rings. The van der Waals surface area contributed by atoms with Crippen LogP contribution in [0.4, 0.5) is 4.79 Å². The molecule has 1 aromatic carbocycles. The second-order valence-corrected chi connectivity index (χ2v) is 4.47. The number of carbonyl (C=O) groups excluding carboxylic acids is 1. The van der Waals surface area contributed by atoms with Crippen molar-refractivity contribution in [2.24, 2.45) is 0 Å². The van der Waals surface area contributed by atoms with Gasteiger partial charge in [0.25, 0.3) is 0 Å². The van der Waals surface area contributed by atoms with E-state index in [0.29, 0.717) is 18.2 Å². The number of carbonyl (C=O) groups is 1. The van der Waals surface area contributed by atoms with Gasteiger partial charge in [0.1, 0.15) is 0 Å². The molecule has 0 aliphatic carbocycles. The average Bonchev–Trinajstić information content (AvgIpc) is 2.42. The zero-order valence-corrected chi connectivity index (χ0v) is 11.6. The average molecular weight is 287 g/mol. The standard InChI is InChI=1S/C13H19ClN2O3/c1-19-8-2-7-15-13(18)16-12(9-17)10-3-5-11(14)6-4-10/h3-6,12,17H,2,7-9H2,1H3,(H2,15,16,18). The van der Waals surface area contributed by atoms with Crippen molar-refractivity contribution in [1.82, 2.24) is 10.6 Å². The molecule has 0 saturated carbocycles.